The molecule has 1 aliphatic rings. The van der Waals surface area contributed by atoms with E-state index in [9.17, 15) is 9.59 Å². The van der Waals surface area contributed by atoms with Crippen molar-refractivity contribution in [2.45, 2.75) is 31.7 Å². The summed E-state index contributed by atoms with van der Waals surface area (Å²) >= 11 is 0. The van der Waals surface area contributed by atoms with Gasteiger partial charge in [0.25, 0.3) is 0 Å². The van der Waals surface area contributed by atoms with Crippen molar-refractivity contribution in [1.29, 1.82) is 0 Å². The first-order valence-corrected chi connectivity index (χ1v) is 7.42. The van der Waals surface area contributed by atoms with Gasteiger partial charge in [-0.2, -0.15) is 0 Å². The number of carbonyl (C=O) groups is 2. The number of piperidine rings is 1. The van der Waals surface area contributed by atoms with E-state index in [0.29, 0.717) is 37.3 Å². The molecule has 22 heavy (non-hydrogen) atoms. The molecule has 0 spiro atoms. The number of hydrogen-bond donors (Lipinski definition) is 2. The van der Waals surface area contributed by atoms with Crippen molar-refractivity contribution < 1.29 is 19.1 Å². The third-order valence-electron chi connectivity index (χ3n) is 3.71. The van der Waals surface area contributed by atoms with E-state index in [2.05, 4.69) is 10.6 Å². The Hall–Kier alpha value is -2.24. The van der Waals surface area contributed by atoms with E-state index in [1.54, 1.807) is 14.2 Å². The summed E-state index contributed by atoms with van der Waals surface area (Å²) in [5.74, 6) is 1.10. The van der Waals surface area contributed by atoms with E-state index in [1.165, 1.54) is 0 Å². The van der Waals surface area contributed by atoms with Crippen LogP contribution in [0.1, 0.15) is 24.8 Å². The zero-order valence-electron chi connectivity index (χ0n) is 13.0. The fourth-order valence-electron chi connectivity index (χ4n) is 2.47. The Balaban J connectivity index is 1.86. The van der Waals surface area contributed by atoms with Crippen LogP contribution in [0.4, 0.5) is 0 Å². The average molecular weight is 306 g/mol. The fraction of sp³-hybridized carbons (Fsp3) is 0.500. The molecule has 0 saturated carbocycles. The summed E-state index contributed by atoms with van der Waals surface area (Å²) in [6, 6.07) is 5.19. The van der Waals surface area contributed by atoms with Crippen LogP contribution in [0.5, 0.6) is 11.5 Å². The van der Waals surface area contributed by atoms with Gasteiger partial charge in [0.1, 0.15) is 6.04 Å². The molecule has 6 nitrogen and oxygen atoms in total. The molecule has 1 saturated heterocycles. The van der Waals surface area contributed by atoms with Gasteiger partial charge in [-0.15, -0.1) is 0 Å². The molecular weight excluding hydrogens is 284 g/mol. The number of nitrogens with one attached hydrogen (secondary N) is 2. The molecule has 2 rings (SSSR count). The summed E-state index contributed by atoms with van der Waals surface area (Å²) in [5.41, 5.74) is 0.987. The third-order valence-corrected chi connectivity index (χ3v) is 3.71. The van der Waals surface area contributed by atoms with Crippen LogP contribution in [0.3, 0.4) is 0 Å². The lowest BCUT2D eigenvalue weighted by Gasteiger charge is -2.22. The number of rotatable bonds is 6. The minimum absolute atomic E-state index is 0.0919. The molecule has 120 valence electrons. The minimum Gasteiger partial charge on any atom is -0.493 e. The van der Waals surface area contributed by atoms with Crippen molar-refractivity contribution in [2.75, 3.05) is 20.8 Å². The molecular formula is C16H22N2O4. The monoisotopic (exact) mass is 306 g/mol. The summed E-state index contributed by atoms with van der Waals surface area (Å²) in [4.78, 5) is 23.6. The summed E-state index contributed by atoms with van der Waals surface area (Å²) in [6.45, 7) is 0.691. The van der Waals surface area contributed by atoms with Crippen LogP contribution in [0.15, 0.2) is 18.2 Å². The zero-order chi connectivity index (χ0) is 15.9. The predicted octanol–water partition coefficient (Wildman–Crippen LogP) is 1.03. The number of aryl methyl sites for hydroxylation is 1. The summed E-state index contributed by atoms with van der Waals surface area (Å²) in [5, 5.41) is 5.54. The van der Waals surface area contributed by atoms with Crippen molar-refractivity contribution >= 4 is 11.8 Å². The standard InChI is InChI=1S/C16H22N2O4/c1-21-13-7-5-11(10-14(13)22-2)6-8-15(19)18-12-4-3-9-17-16(12)20/h5,7,10,12H,3-4,6,8-9H2,1-2H3,(H,17,20)(H,18,19)/t12-/m1/s1. The highest BCUT2D eigenvalue weighted by molar-refractivity contribution is 5.88. The lowest BCUT2D eigenvalue weighted by atomic mass is 10.1. The van der Waals surface area contributed by atoms with Crippen molar-refractivity contribution in [3.05, 3.63) is 23.8 Å². The Morgan fingerprint density at radius 2 is 2.09 bits per heavy atom. The molecule has 1 heterocycles. The average Bonchev–Trinajstić information content (AvgIpc) is 2.54. The normalized spacial score (nSPS) is 17.5. The zero-order valence-corrected chi connectivity index (χ0v) is 13.0. The van der Waals surface area contributed by atoms with Gasteiger partial charge in [0.05, 0.1) is 14.2 Å². The Morgan fingerprint density at radius 1 is 1.32 bits per heavy atom. The Kier molecular flexibility index (Phi) is 5.63. The number of ether oxygens (including phenoxy) is 2. The maximum atomic E-state index is 12.0. The van der Waals surface area contributed by atoms with Crippen molar-refractivity contribution in [3.8, 4) is 11.5 Å². The number of amides is 2. The topological polar surface area (TPSA) is 76.7 Å². The SMILES string of the molecule is COc1ccc(CCC(=O)N[C@@H]2CCCNC2=O)cc1OC. The first kappa shape index (κ1) is 16.1. The van der Waals surface area contributed by atoms with Crippen LogP contribution in [0, 0.1) is 0 Å². The smallest absolute Gasteiger partial charge is 0.242 e. The number of benzene rings is 1. The molecule has 1 aromatic rings. The molecule has 1 fully saturated rings. The molecule has 0 radical (unpaired) electrons. The van der Waals surface area contributed by atoms with Gasteiger partial charge < -0.3 is 20.1 Å². The molecule has 1 aliphatic heterocycles. The molecule has 0 aliphatic carbocycles. The van der Waals surface area contributed by atoms with Crippen molar-refractivity contribution in [2.24, 2.45) is 0 Å². The molecule has 1 atom stereocenters. The van der Waals surface area contributed by atoms with Gasteiger partial charge in [0, 0.05) is 13.0 Å². The second-order valence-corrected chi connectivity index (χ2v) is 5.24. The summed E-state index contributed by atoms with van der Waals surface area (Å²) < 4.78 is 10.4. The maximum absolute atomic E-state index is 12.0. The van der Waals surface area contributed by atoms with Gasteiger partial charge in [-0.3, -0.25) is 9.59 Å². The van der Waals surface area contributed by atoms with E-state index in [-0.39, 0.29) is 11.8 Å². The fourth-order valence-corrected chi connectivity index (χ4v) is 2.47. The van der Waals surface area contributed by atoms with Gasteiger partial charge in [-0.05, 0) is 37.0 Å². The second kappa shape index (κ2) is 7.68. The lowest BCUT2D eigenvalue weighted by Crippen LogP contribution is -2.50. The van der Waals surface area contributed by atoms with E-state index >= 15 is 0 Å². The van der Waals surface area contributed by atoms with Crippen molar-refractivity contribution in [3.63, 3.8) is 0 Å². The molecule has 2 amide bonds. The van der Waals surface area contributed by atoms with Gasteiger partial charge in [0.2, 0.25) is 11.8 Å². The molecule has 0 unspecified atom stereocenters. The van der Waals surface area contributed by atoms with Crippen LogP contribution < -0.4 is 20.1 Å². The van der Waals surface area contributed by atoms with Crippen LogP contribution in [-0.4, -0.2) is 38.6 Å². The molecule has 0 aromatic heterocycles. The molecule has 2 N–H and O–H groups in total. The van der Waals surface area contributed by atoms with Gasteiger partial charge >= 0.3 is 0 Å². The molecule has 0 bridgehead atoms. The van der Waals surface area contributed by atoms with E-state index in [0.717, 1.165) is 12.0 Å². The van der Waals surface area contributed by atoms with Crippen LogP contribution >= 0.6 is 0 Å². The Morgan fingerprint density at radius 3 is 2.77 bits per heavy atom. The first-order chi connectivity index (χ1) is 10.6. The maximum Gasteiger partial charge on any atom is 0.242 e. The predicted molar refractivity (Wildman–Crippen MR) is 82.0 cm³/mol. The van der Waals surface area contributed by atoms with Gasteiger partial charge in [-0.25, -0.2) is 0 Å². The summed E-state index contributed by atoms with van der Waals surface area (Å²) in [7, 11) is 3.16. The third kappa shape index (κ3) is 4.13. The summed E-state index contributed by atoms with van der Waals surface area (Å²) in [6.07, 6.45) is 2.51. The largest absolute Gasteiger partial charge is 0.493 e. The Labute approximate surface area is 130 Å². The van der Waals surface area contributed by atoms with Crippen LogP contribution in [0.25, 0.3) is 0 Å². The van der Waals surface area contributed by atoms with Crippen LogP contribution in [-0.2, 0) is 16.0 Å². The van der Waals surface area contributed by atoms with E-state index in [4.69, 9.17) is 9.47 Å². The van der Waals surface area contributed by atoms with Crippen LogP contribution in [0.2, 0.25) is 0 Å². The quantitative estimate of drug-likeness (QED) is 0.823. The highest BCUT2D eigenvalue weighted by Crippen LogP contribution is 2.27. The second-order valence-electron chi connectivity index (χ2n) is 5.24. The van der Waals surface area contributed by atoms with E-state index in [1.807, 2.05) is 18.2 Å². The minimum atomic E-state index is -0.397. The highest BCUT2D eigenvalue weighted by atomic mass is 16.5. The number of methoxy groups -OCH3 is 2. The highest BCUT2D eigenvalue weighted by Gasteiger charge is 2.23. The van der Waals surface area contributed by atoms with Gasteiger partial charge in [-0.1, -0.05) is 6.07 Å². The molecule has 6 heteroatoms. The number of hydrogen-bond acceptors (Lipinski definition) is 4. The van der Waals surface area contributed by atoms with Gasteiger partial charge in [0.15, 0.2) is 11.5 Å². The Bertz CT molecular complexity index is 545. The lowest BCUT2D eigenvalue weighted by molar-refractivity contribution is -0.130. The molecule has 1 aromatic carbocycles. The number of carbonyl (C=O) groups excluding carboxylic acids is 2. The van der Waals surface area contributed by atoms with E-state index < -0.39 is 6.04 Å². The van der Waals surface area contributed by atoms with Crippen molar-refractivity contribution in [1.82, 2.24) is 10.6 Å². The first-order valence-electron chi connectivity index (χ1n) is 7.42.